The van der Waals surface area contributed by atoms with Gasteiger partial charge in [-0.15, -0.1) is 4.80 Å². The van der Waals surface area contributed by atoms with E-state index < -0.39 is 0 Å². The first-order chi connectivity index (χ1) is 22.8. The summed E-state index contributed by atoms with van der Waals surface area (Å²) in [5, 5.41) is 8.70. The van der Waals surface area contributed by atoms with Crippen molar-refractivity contribution in [2.24, 2.45) is 11.8 Å². The van der Waals surface area contributed by atoms with Gasteiger partial charge in [-0.25, -0.2) is 19.9 Å². The van der Waals surface area contributed by atoms with Crippen LogP contribution in [0.15, 0.2) is 73.7 Å². The van der Waals surface area contributed by atoms with Crippen LogP contribution in [0.5, 0.6) is 6.01 Å². The van der Waals surface area contributed by atoms with Gasteiger partial charge in [-0.3, -0.25) is 14.8 Å². The van der Waals surface area contributed by atoms with Crippen LogP contribution in [0, 0.1) is 11.8 Å². The Morgan fingerprint density at radius 1 is 0.894 bits per heavy atom. The van der Waals surface area contributed by atoms with Gasteiger partial charge in [0.1, 0.15) is 11.6 Å². The first-order valence-corrected chi connectivity index (χ1v) is 16.3. The summed E-state index contributed by atoms with van der Waals surface area (Å²) in [5.74, 6) is 2.04. The number of hydrogen-bond acceptors (Lipinski definition) is 10. The maximum Gasteiger partial charge on any atom is 0.316 e. The smallest absolute Gasteiger partial charge is 0.316 e. The zero-order valence-electron chi connectivity index (χ0n) is 27.5. The van der Waals surface area contributed by atoms with E-state index in [0.29, 0.717) is 30.5 Å². The molecule has 4 aromatic heterocycles. The number of carbonyl (C=O) groups is 1. The van der Waals surface area contributed by atoms with Gasteiger partial charge < -0.3 is 4.74 Å². The van der Waals surface area contributed by atoms with Crippen LogP contribution in [0.3, 0.4) is 0 Å². The van der Waals surface area contributed by atoms with Crippen LogP contribution >= 0.6 is 0 Å². The van der Waals surface area contributed by atoms with Gasteiger partial charge in [0.25, 0.3) is 0 Å². The molecule has 11 nitrogen and oxygen atoms in total. The summed E-state index contributed by atoms with van der Waals surface area (Å²) in [4.78, 5) is 43.1. The van der Waals surface area contributed by atoms with E-state index in [-0.39, 0.29) is 23.0 Å². The summed E-state index contributed by atoms with van der Waals surface area (Å²) in [6, 6.07) is 10.5. The lowest BCUT2D eigenvalue weighted by Gasteiger charge is -2.33. The van der Waals surface area contributed by atoms with Gasteiger partial charge in [0.2, 0.25) is 0 Å². The third kappa shape index (κ3) is 7.73. The predicted octanol–water partition coefficient (Wildman–Crippen LogP) is 5.95. The molecule has 1 aliphatic rings. The van der Waals surface area contributed by atoms with E-state index in [9.17, 15) is 4.79 Å². The Bertz CT molecular complexity index is 1750. The monoisotopic (exact) mass is 631 g/mol. The van der Waals surface area contributed by atoms with E-state index in [1.165, 1.54) is 7.11 Å². The van der Waals surface area contributed by atoms with Crippen molar-refractivity contribution < 1.29 is 9.53 Å². The number of methoxy groups -OCH3 is 1. The standard InChI is InChI=1S/C36H41N9O2/c1-36(2,3)28-21-39-32(44-34(28)45-42-16-17-43-45)18-25-10-13-26(14-11-25)33(31(46)15-12-24-8-6-5-7-9-24)30-23-37-29(22-38-30)27-19-40-35(47-4)41-20-27/h5-9,16-17,19-23,25-26,33H,10-15,18H2,1-4H3. The molecule has 0 saturated heterocycles. The molecular weight excluding hydrogens is 590 g/mol. The number of ketones is 1. The van der Waals surface area contributed by atoms with Crippen molar-refractivity contribution in [2.75, 3.05) is 7.11 Å². The molecule has 1 saturated carbocycles. The van der Waals surface area contributed by atoms with E-state index in [0.717, 1.165) is 66.1 Å². The minimum atomic E-state index is -0.312. The number of hydrogen-bond donors (Lipinski definition) is 0. The van der Waals surface area contributed by atoms with Crippen LogP contribution < -0.4 is 4.74 Å². The molecule has 242 valence electrons. The molecule has 4 heterocycles. The number of ether oxygens (including phenoxy) is 1. The summed E-state index contributed by atoms with van der Waals surface area (Å²) in [5.41, 5.74) is 4.13. The molecule has 1 fully saturated rings. The largest absolute Gasteiger partial charge is 0.467 e. The Morgan fingerprint density at radius 2 is 1.62 bits per heavy atom. The maximum absolute atomic E-state index is 13.9. The van der Waals surface area contributed by atoms with Gasteiger partial charge in [-0.1, -0.05) is 51.1 Å². The summed E-state index contributed by atoms with van der Waals surface area (Å²) in [6.07, 6.45) is 17.8. The van der Waals surface area contributed by atoms with Crippen molar-refractivity contribution in [3.8, 4) is 23.1 Å². The molecular formula is C36H41N9O2. The minimum absolute atomic E-state index is 0.148. The van der Waals surface area contributed by atoms with Crippen LogP contribution in [0.25, 0.3) is 17.1 Å². The number of carbonyl (C=O) groups excluding carboxylic acids is 1. The summed E-state index contributed by atoms with van der Waals surface area (Å²) in [7, 11) is 1.53. The highest BCUT2D eigenvalue weighted by atomic mass is 16.5. The zero-order valence-corrected chi connectivity index (χ0v) is 27.5. The summed E-state index contributed by atoms with van der Waals surface area (Å²) < 4.78 is 5.07. The number of benzene rings is 1. The van der Waals surface area contributed by atoms with Crippen molar-refractivity contribution in [1.29, 1.82) is 0 Å². The highest BCUT2D eigenvalue weighted by Gasteiger charge is 2.34. The Labute approximate surface area is 275 Å². The molecule has 1 aliphatic carbocycles. The second-order valence-electron chi connectivity index (χ2n) is 13.3. The van der Waals surface area contributed by atoms with Crippen LogP contribution in [-0.2, 0) is 23.1 Å². The first-order valence-electron chi connectivity index (χ1n) is 16.3. The summed E-state index contributed by atoms with van der Waals surface area (Å²) in [6.45, 7) is 6.42. The molecule has 47 heavy (non-hydrogen) atoms. The number of aryl methyl sites for hydroxylation is 1. The maximum atomic E-state index is 13.9. The van der Waals surface area contributed by atoms with E-state index in [1.807, 2.05) is 24.4 Å². The number of nitrogens with zero attached hydrogens (tertiary/aromatic N) is 9. The van der Waals surface area contributed by atoms with Crippen LogP contribution in [0.4, 0.5) is 0 Å². The van der Waals surface area contributed by atoms with E-state index in [2.05, 4.69) is 58.1 Å². The predicted molar refractivity (Wildman–Crippen MR) is 177 cm³/mol. The fourth-order valence-corrected chi connectivity index (χ4v) is 6.44. The SMILES string of the molecule is COc1ncc(-c2cnc(C(C(=O)CCc3ccccc3)C3CCC(Cc4ncc(C(C)(C)C)c(-n5nccn5)n4)CC3)cn2)cn1. The Morgan fingerprint density at radius 3 is 2.26 bits per heavy atom. The Hall–Kier alpha value is -4.93. The average molecular weight is 632 g/mol. The normalized spacial score (nSPS) is 17.3. The first kappa shape index (κ1) is 32.0. The molecule has 6 rings (SSSR count). The second-order valence-corrected chi connectivity index (χ2v) is 13.3. The lowest BCUT2D eigenvalue weighted by atomic mass is 9.72. The lowest BCUT2D eigenvalue weighted by molar-refractivity contribution is -0.122. The minimum Gasteiger partial charge on any atom is -0.467 e. The molecule has 1 atom stereocenters. The molecule has 0 bridgehead atoms. The third-order valence-corrected chi connectivity index (χ3v) is 9.02. The number of Topliss-reactive ketones (excluding diaryl/α,β-unsaturated/α-hetero) is 1. The fourth-order valence-electron chi connectivity index (χ4n) is 6.44. The van der Waals surface area contributed by atoms with Crippen molar-refractivity contribution >= 4 is 5.78 Å². The topological polar surface area (TPSA) is 134 Å². The van der Waals surface area contributed by atoms with E-state index in [4.69, 9.17) is 19.7 Å². The van der Waals surface area contributed by atoms with Gasteiger partial charge in [-0.2, -0.15) is 10.2 Å². The van der Waals surface area contributed by atoms with Crippen molar-refractivity contribution in [3.63, 3.8) is 0 Å². The quantitative estimate of drug-likeness (QED) is 0.172. The number of rotatable bonds is 11. The molecule has 0 aliphatic heterocycles. The van der Waals surface area contributed by atoms with Crippen molar-refractivity contribution in [2.45, 2.75) is 77.0 Å². The van der Waals surface area contributed by atoms with Crippen LogP contribution in [0.2, 0.25) is 0 Å². The van der Waals surface area contributed by atoms with Gasteiger partial charge in [-0.05, 0) is 54.9 Å². The van der Waals surface area contributed by atoms with Crippen molar-refractivity contribution in [3.05, 3.63) is 96.4 Å². The van der Waals surface area contributed by atoms with Gasteiger partial charge in [0, 0.05) is 48.8 Å². The van der Waals surface area contributed by atoms with Gasteiger partial charge >= 0.3 is 6.01 Å². The highest BCUT2D eigenvalue weighted by Crippen LogP contribution is 2.40. The van der Waals surface area contributed by atoms with Crippen LogP contribution in [-0.4, -0.2) is 57.8 Å². The zero-order chi connectivity index (χ0) is 32.8. The molecule has 0 radical (unpaired) electrons. The average Bonchev–Trinajstić information content (AvgIpc) is 3.64. The molecule has 5 aromatic rings. The highest BCUT2D eigenvalue weighted by molar-refractivity contribution is 5.85. The molecule has 0 spiro atoms. The molecule has 1 aromatic carbocycles. The summed E-state index contributed by atoms with van der Waals surface area (Å²) >= 11 is 0. The molecule has 11 heteroatoms. The van der Waals surface area contributed by atoms with E-state index in [1.54, 1.807) is 42.0 Å². The molecule has 0 amide bonds. The second kappa shape index (κ2) is 14.2. The molecule has 0 N–H and O–H groups in total. The van der Waals surface area contributed by atoms with E-state index >= 15 is 0 Å². The lowest BCUT2D eigenvalue weighted by Crippen LogP contribution is -2.28. The fraction of sp³-hybridized carbons (Fsp3) is 0.417. The van der Waals surface area contributed by atoms with Gasteiger partial charge in [0.05, 0.1) is 43.0 Å². The molecule has 1 unspecified atom stereocenters. The number of aromatic nitrogens is 9. The Kier molecular flexibility index (Phi) is 9.70. The third-order valence-electron chi connectivity index (χ3n) is 9.02. The Balaban J connectivity index is 1.17. The van der Waals surface area contributed by atoms with Crippen LogP contribution in [0.1, 0.15) is 81.4 Å². The van der Waals surface area contributed by atoms with Crippen molar-refractivity contribution in [1.82, 2.24) is 44.9 Å². The van der Waals surface area contributed by atoms with Gasteiger partial charge in [0.15, 0.2) is 5.82 Å².